The number of carboxylic acid groups (broad SMARTS) is 1. The molecule has 0 atom stereocenters. The number of carboxylic acids is 1. The van der Waals surface area contributed by atoms with Crippen molar-refractivity contribution in [3.63, 3.8) is 0 Å². The summed E-state index contributed by atoms with van der Waals surface area (Å²) in [5.74, 6) is -0.879. The highest BCUT2D eigenvalue weighted by atomic mass is 16.4. The Bertz CT molecular complexity index is 743. The Morgan fingerprint density at radius 2 is 1.74 bits per heavy atom. The van der Waals surface area contributed by atoms with Crippen LogP contribution in [0, 0.1) is 0 Å². The second-order valence-corrected chi connectivity index (χ2v) is 4.50. The number of para-hydroxylation sites is 1. The lowest BCUT2D eigenvalue weighted by Gasteiger charge is -2.05. The van der Waals surface area contributed by atoms with Crippen LogP contribution in [0.2, 0.25) is 0 Å². The van der Waals surface area contributed by atoms with Gasteiger partial charge in [0.05, 0.1) is 5.56 Å². The topological polar surface area (TPSA) is 53.1 Å². The quantitative estimate of drug-likeness (QED) is 0.749. The molecule has 0 aliphatic carbocycles. The Kier molecular flexibility index (Phi) is 2.80. The van der Waals surface area contributed by atoms with Gasteiger partial charge in [0, 0.05) is 23.5 Å². The molecule has 0 amide bonds. The number of aromatic carboxylic acids is 1. The minimum atomic E-state index is -0.879. The molecule has 94 valence electrons. The summed E-state index contributed by atoms with van der Waals surface area (Å²) in [4.78, 5) is 14.4. The first-order valence-electron chi connectivity index (χ1n) is 6.12. The Labute approximate surface area is 110 Å². The minimum absolute atomic E-state index is 0.368. The van der Waals surface area contributed by atoms with Gasteiger partial charge in [-0.3, -0.25) is 0 Å². The molecule has 1 aromatic heterocycles. The van der Waals surface area contributed by atoms with E-state index >= 15 is 0 Å². The van der Waals surface area contributed by atoms with Crippen LogP contribution in [-0.2, 0) is 6.42 Å². The summed E-state index contributed by atoms with van der Waals surface area (Å²) in [5.41, 5.74) is 3.39. The number of aromatic amines is 1. The number of rotatable bonds is 3. The summed E-state index contributed by atoms with van der Waals surface area (Å²) in [6, 6.07) is 15.2. The van der Waals surface area contributed by atoms with Crippen molar-refractivity contribution in [1.29, 1.82) is 0 Å². The van der Waals surface area contributed by atoms with Crippen LogP contribution in [0.15, 0.2) is 54.7 Å². The number of fused-ring (bicyclic) bond motifs is 1. The zero-order chi connectivity index (χ0) is 13.2. The number of hydrogen-bond donors (Lipinski definition) is 2. The summed E-state index contributed by atoms with van der Waals surface area (Å²) < 4.78 is 0. The van der Waals surface area contributed by atoms with Crippen molar-refractivity contribution in [3.05, 3.63) is 71.4 Å². The van der Waals surface area contributed by atoms with E-state index in [-0.39, 0.29) is 0 Å². The molecule has 0 spiro atoms. The summed E-state index contributed by atoms with van der Waals surface area (Å²) in [6.45, 7) is 0. The number of hydrogen-bond acceptors (Lipinski definition) is 1. The SMILES string of the molecule is O=C(O)c1ccccc1Cc1c[nH]c2ccccc12. The third kappa shape index (κ3) is 2.10. The first kappa shape index (κ1) is 11.5. The lowest BCUT2D eigenvalue weighted by molar-refractivity contribution is 0.0696. The minimum Gasteiger partial charge on any atom is -0.478 e. The second-order valence-electron chi connectivity index (χ2n) is 4.50. The van der Waals surface area contributed by atoms with Gasteiger partial charge >= 0.3 is 5.97 Å². The van der Waals surface area contributed by atoms with Crippen LogP contribution in [0.3, 0.4) is 0 Å². The van der Waals surface area contributed by atoms with Gasteiger partial charge in [-0.1, -0.05) is 36.4 Å². The average molecular weight is 251 g/mol. The van der Waals surface area contributed by atoms with E-state index in [0.717, 1.165) is 22.0 Å². The van der Waals surface area contributed by atoms with Crippen LogP contribution in [0.1, 0.15) is 21.5 Å². The molecule has 0 unspecified atom stereocenters. The van der Waals surface area contributed by atoms with Gasteiger partial charge in [0.1, 0.15) is 0 Å². The van der Waals surface area contributed by atoms with Gasteiger partial charge in [0.2, 0.25) is 0 Å². The molecule has 0 saturated heterocycles. The highest BCUT2D eigenvalue weighted by Gasteiger charge is 2.11. The molecule has 2 aromatic carbocycles. The lowest BCUT2D eigenvalue weighted by Crippen LogP contribution is -2.02. The first-order chi connectivity index (χ1) is 9.25. The maximum atomic E-state index is 11.2. The molecule has 0 saturated carbocycles. The molecule has 2 N–H and O–H groups in total. The molecule has 0 bridgehead atoms. The average Bonchev–Trinajstić information content (AvgIpc) is 2.83. The van der Waals surface area contributed by atoms with Crippen molar-refractivity contribution in [2.24, 2.45) is 0 Å². The number of carbonyl (C=O) groups is 1. The van der Waals surface area contributed by atoms with Gasteiger partial charge in [0.25, 0.3) is 0 Å². The summed E-state index contributed by atoms with van der Waals surface area (Å²) >= 11 is 0. The molecule has 3 rings (SSSR count). The molecular formula is C16H13NO2. The largest absolute Gasteiger partial charge is 0.478 e. The fourth-order valence-corrected chi connectivity index (χ4v) is 2.37. The molecule has 19 heavy (non-hydrogen) atoms. The zero-order valence-corrected chi connectivity index (χ0v) is 10.3. The molecular weight excluding hydrogens is 238 g/mol. The molecule has 3 heteroatoms. The van der Waals surface area contributed by atoms with Gasteiger partial charge in [0.15, 0.2) is 0 Å². The normalized spacial score (nSPS) is 10.7. The van der Waals surface area contributed by atoms with E-state index in [2.05, 4.69) is 4.98 Å². The van der Waals surface area contributed by atoms with E-state index in [1.165, 1.54) is 0 Å². The second kappa shape index (κ2) is 4.61. The fourth-order valence-electron chi connectivity index (χ4n) is 2.37. The standard InChI is InChI=1S/C16H13NO2/c18-16(19)14-7-2-1-5-11(14)9-12-10-17-15-8-4-3-6-13(12)15/h1-8,10,17H,9H2,(H,18,19). The molecule has 3 aromatic rings. The summed E-state index contributed by atoms with van der Waals surface area (Å²) in [5, 5.41) is 10.3. The maximum Gasteiger partial charge on any atom is 0.335 e. The van der Waals surface area contributed by atoms with Crippen molar-refractivity contribution in [2.45, 2.75) is 6.42 Å². The van der Waals surface area contributed by atoms with Crippen LogP contribution in [0.25, 0.3) is 10.9 Å². The highest BCUT2D eigenvalue weighted by molar-refractivity contribution is 5.90. The number of nitrogens with one attached hydrogen (secondary N) is 1. The smallest absolute Gasteiger partial charge is 0.335 e. The third-order valence-electron chi connectivity index (χ3n) is 3.30. The van der Waals surface area contributed by atoms with E-state index < -0.39 is 5.97 Å². The number of aromatic nitrogens is 1. The van der Waals surface area contributed by atoms with Crippen LogP contribution >= 0.6 is 0 Å². The van der Waals surface area contributed by atoms with E-state index in [1.54, 1.807) is 12.1 Å². The molecule has 1 heterocycles. The van der Waals surface area contributed by atoms with Gasteiger partial charge in [-0.15, -0.1) is 0 Å². The molecule has 0 aliphatic rings. The Morgan fingerprint density at radius 3 is 2.58 bits per heavy atom. The van der Waals surface area contributed by atoms with Gasteiger partial charge in [-0.05, 0) is 23.3 Å². The van der Waals surface area contributed by atoms with Gasteiger partial charge in [-0.25, -0.2) is 4.79 Å². The van der Waals surface area contributed by atoms with Crippen molar-refractivity contribution in [3.8, 4) is 0 Å². The van der Waals surface area contributed by atoms with E-state index in [1.807, 2.05) is 42.6 Å². The Balaban J connectivity index is 2.04. The first-order valence-corrected chi connectivity index (χ1v) is 6.12. The summed E-state index contributed by atoms with van der Waals surface area (Å²) in [6.07, 6.45) is 2.57. The van der Waals surface area contributed by atoms with Crippen molar-refractivity contribution in [1.82, 2.24) is 4.98 Å². The Hall–Kier alpha value is -2.55. The molecule has 0 radical (unpaired) electrons. The van der Waals surface area contributed by atoms with E-state index in [0.29, 0.717) is 12.0 Å². The predicted molar refractivity (Wildman–Crippen MR) is 74.5 cm³/mol. The van der Waals surface area contributed by atoms with Crippen LogP contribution < -0.4 is 0 Å². The van der Waals surface area contributed by atoms with Crippen LogP contribution in [0.5, 0.6) is 0 Å². The van der Waals surface area contributed by atoms with Gasteiger partial charge < -0.3 is 10.1 Å². The van der Waals surface area contributed by atoms with Crippen molar-refractivity contribution in [2.75, 3.05) is 0 Å². The molecule has 0 fully saturated rings. The molecule has 3 nitrogen and oxygen atoms in total. The van der Waals surface area contributed by atoms with Crippen LogP contribution in [0.4, 0.5) is 0 Å². The van der Waals surface area contributed by atoms with Gasteiger partial charge in [-0.2, -0.15) is 0 Å². The monoisotopic (exact) mass is 251 g/mol. The number of H-pyrrole nitrogens is 1. The van der Waals surface area contributed by atoms with Crippen LogP contribution in [-0.4, -0.2) is 16.1 Å². The summed E-state index contributed by atoms with van der Waals surface area (Å²) in [7, 11) is 0. The number of benzene rings is 2. The van der Waals surface area contributed by atoms with Crippen molar-refractivity contribution < 1.29 is 9.90 Å². The lowest BCUT2D eigenvalue weighted by atomic mass is 9.99. The fraction of sp³-hybridized carbons (Fsp3) is 0.0625. The van der Waals surface area contributed by atoms with Crippen molar-refractivity contribution >= 4 is 16.9 Å². The molecule has 0 aliphatic heterocycles. The predicted octanol–water partition coefficient (Wildman–Crippen LogP) is 3.46. The third-order valence-corrected chi connectivity index (χ3v) is 3.30. The zero-order valence-electron chi connectivity index (χ0n) is 10.3. The Morgan fingerprint density at radius 1 is 1.00 bits per heavy atom. The maximum absolute atomic E-state index is 11.2. The van der Waals surface area contributed by atoms with E-state index in [4.69, 9.17) is 0 Å². The van der Waals surface area contributed by atoms with E-state index in [9.17, 15) is 9.90 Å². The highest BCUT2D eigenvalue weighted by Crippen LogP contribution is 2.22.